The van der Waals surface area contributed by atoms with Crippen molar-refractivity contribution in [1.82, 2.24) is 9.88 Å². The molecule has 0 bridgehead atoms. The molecular formula is C12H17N3OS2. The molecule has 1 aliphatic rings. The minimum absolute atomic E-state index is 0.138. The SMILES string of the molecule is Cc1nc(N)sc1SCC(=O)N(C)C1=CCCC1. The lowest BCUT2D eigenvalue weighted by atomic mass is 10.3. The van der Waals surface area contributed by atoms with Gasteiger partial charge in [0.25, 0.3) is 0 Å². The van der Waals surface area contributed by atoms with Crippen molar-refractivity contribution in [3.8, 4) is 0 Å². The molecule has 1 aliphatic carbocycles. The first-order valence-electron chi connectivity index (χ1n) is 5.89. The minimum Gasteiger partial charge on any atom is -0.375 e. The van der Waals surface area contributed by atoms with Crippen LogP contribution in [0, 0.1) is 6.92 Å². The van der Waals surface area contributed by atoms with E-state index in [2.05, 4.69) is 11.1 Å². The first kappa shape index (κ1) is 13.4. The van der Waals surface area contributed by atoms with E-state index in [0.717, 1.165) is 34.9 Å². The molecule has 0 atom stereocenters. The van der Waals surface area contributed by atoms with Crippen LogP contribution in [-0.2, 0) is 4.79 Å². The number of carbonyl (C=O) groups excluding carboxylic acids is 1. The Kier molecular flexibility index (Phi) is 4.29. The topological polar surface area (TPSA) is 59.2 Å². The first-order chi connectivity index (χ1) is 8.58. The summed E-state index contributed by atoms with van der Waals surface area (Å²) >= 11 is 2.97. The Morgan fingerprint density at radius 2 is 2.44 bits per heavy atom. The minimum atomic E-state index is 0.138. The van der Waals surface area contributed by atoms with Crippen molar-refractivity contribution >= 4 is 34.1 Å². The number of thiazole rings is 1. The van der Waals surface area contributed by atoms with Crippen molar-refractivity contribution in [3.05, 3.63) is 17.5 Å². The maximum Gasteiger partial charge on any atom is 0.236 e. The van der Waals surface area contributed by atoms with E-state index in [1.807, 2.05) is 14.0 Å². The molecule has 2 rings (SSSR count). The summed E-state index contributed by atoms with van der Waals surface area (Å²) < 4.78 is 1.04. The highest BCUT2D eigenvalue weighted by atomic mass is 32.2. The number of allylic oxidation sites excluding steroid dienone is 2. The summed E-state index contributed by atoms with van der Waals surface area (Å²) in [5.74, 6) is 0.579. The molecule has 1 amide bonds. The van der Waals surface area contributed by atoms with Gasteiger partial charge < -0.3 is 10.6 Å². The molecule has 98 valence electrons. The van der Waals surface area contributed by atoms with Gasteiger partial charge in [0.05, 0.1) is 15.7 Å². The molecule has 0 spiro atoms. The largest absolute Gasteiger partial charge is 0.375 e. The predicted octanol–water partition coefficient (Wildman–Crippen LogP) is 2.65. The van der Waals surface area contributed by atoms with E-state index in [9.17, 15) is 4.79 Å². The van der Waals surface area contributed by atoms with E-state index in [0.29, 0.717) is 10.9 Å². The van der Waals surface area contributed by atoms with Crippen LogP contribution in [0.3, 0.4) is 0 Å². The summed E-state index contributed by atoms with van der Waals surface area (Å²) in [7, 11) is 1.86. The van der Waals surface area contributed by atoms with Crippen LogP contribution < -0.4 is 5.73 Å². The van der Waals surface area contributed by atoms with Gasteiger partial charge in [-0.25, -0.2) is 4.98 Å². The Morgan fingerprint density at radius 1 is 1.67 bits per heavy atom. The molecule has 0 aliphatic heterocycles. The van der Waals surface area contributed by atoms with Crippen LogP contribution in [-0.4, -0.2) is 28.6 Å². The van der Waals surface area contributed by atoms with Crippen molar-refractivity contribution in [2.75, 3.05) is 18.5 Å². The normalized spacial score (nSPS) is 14.7. The second-order valence-electron chi connectivity index (χ2n) is 4.25. The molecule has 4 nitrogen and oxygen atoms in total. The van der Waals surface area contributed by atoms with Gasteiger partial charge in [0, 0.05) is 12.7 Å². The zero-order chi connectivity index (χ0) is 13.1. The van der Waals surface area contributed by atoms with Gasteiger partial charge in [0.2, 0.25) is 5.91 Å². The molecule has 0 radical (unpaired) electrons. The third-order valence-electron chi connectivity index (χ3n) is 2.92. The molecule has 0 saturated heterocycles. The van der Waals surface area contributed by atoms with Gasteiger partial charge >= 0.3 is 0 Å². The van der Waals surface area contributed by atoms with Crippen molar-refractivity contribution in [1.29, 1.82) is 0 Å². The van der Waals surface area contributed by atoms with E-state index in [-0.39, 0.29) is 5.91 Å². The summed E-state index contributed by atoms with van der Waals surface area (Å²) in [6.07, 6.45) is 5.41. The van der Waals surface area contributed by atoms with Gasteiger partial charge in [-0.1, -0.05) is 17.4 Å². The zero-order valence-electron chi connectivity index (χ0n) is 10.6. The van der Waals surface area contributed by atoms with E-state index in [4.69, 9.17) is 5.73 Å². The number of aromatic nitrogens is 1. The Bertz CT molecular complexity index is 482. The molecule has 6 heteroatoms. The van der Waals surface area contributed by atoms with Crippen LogP contribution >= 0.6 is 23.1 Å². The Balaban J connectivity index is 1.90. The molecule has 1 aromatic heterocycles. The fraction of sp³-hybridized carbons (Fsp3) is 0.500. The summed E-state index contributed by atoms with van der Waals surface area (Å²) in [6.45, 7) is 1.92. The van der Waals surface area contributed by atoms with Crippen LogP contribution in [0.5, 0.6) is 0 Å². The average molecular weight is 283 g/mol. The molecule has 1 aromatic rings. The quantitative estimate of drug-likeness (QED) is 0.863. The Hall–Kier alpha value is -1.01. The van der Waals surface area contributed by atoms with Crippen LogP contribution in [0.2, 0.25) is 0 Å². The Labute approximate surface area is 115 Å². The fourth-order valence-electron chi connectivity index (χ4n) is 1.88. The van der Waals surface area contributed by atoms with E-state index in [1.165, 1.54) is 23.1 Å². The number of nitrogen functional groups attached to an aromatic ring is 1. The highest BCUT2D eigenvalue weighted by Crippen LogP contribution is 2.31. The number of aryl methyl sites for hydroxylation is 1. The van der Waals surface area contributed by atoms with Crippen molar-refractivity contribution < 1.29 is 4.79 Å². The van der Waals surface area contributed by atoms with Crippen molar-refractivity contribution in [3.63, 3.8) is 0 Å². The molecule has 1 heterocycles. The lowest BCUT2D eigenvalue weighted by Crippen LogP contribution is -2.26. The number of rotatable bonds is 4. The first-order valence-corrected chi connectivity index (χ1v) is 7.69. The van der Waals surface area contributed by atoms with E-state index < -0.39 is 0 Å². The van der Waals surface area contributed by atoms with Gasteiger partial charge in [0.15, 0.2) is 5.13 Å². The van der Waals surface area contributed by atoms with Crippen molar-refractivity contribution in [2.24, 2.45) is 0 Å². The predicted molar refractivity (Wildman–Crippen MR) is 76.7 cm³/mol. The highest BCUT2D eigenvalue weighted by molar-refractivity contribution is 8.01. The number of nitrogens with two attached hydrogens (primary N) is 1. The molecule has 0 unspecified atom stereocenters. The lowest BCUT2D eigenvalue weighted by molar-refractivity contribution is -0.125. The Morgan fingerprint density at radius 3 is 3.00 bits per heavy atom. The van der Waals surface area contributed by atoms with Crippen LogP contribution in [0.4, 0.5) is 5.13 Å². The second kappa shape index (κ2) is 5.75. The number of hydrogen-bond acceptors (Lipinski definition) is 5. The lowest BCUT2D eigenvalue weighted by Gasteiger charge is -2.18. The monoisotopic (exact) mass is 283 g/mol. The van der Waals surface area contributed by atoms with Crippen LogP contribution in [0.25, 0.3) is 0 Å². The number of anilines is 1. The number of carbonyl (C=O) groups is 1. The van der Waals surface area contributed by atoms with Gasteiger partial charge in [0.1, 0.15) is 0 Å². The van der Waals surface area contributed by atoms with Crippen LogP contribution in [0.15, 0.2) is 16.0 Å². The summed E-state index contributed by atoms with van der Waals surface area (Å²) in [5, 5.41) is 0.564. The number of thioether (sulfide) groups is 1. The van der Waals surface area contributed by atoms with Gasteiger partial charge in [-0.2, -0.15) is 0 Å². The third-order valence-corrected chi connectivity index (χ3v) is 5.25. The molecule has 0 saturated carbocycles. The number of hydrogen-bond donors (Lipinski definition) is 1. The number of nitrogens with zero attached hydrogens (tertiary/aromatic N) is 2. The maximum absolute atomic E-state index is 12.0. The highest BCUT2D eigenvalue weighted by Gasteiger charge is 2.17. The average Bonchev–Trinajstić information content (AvgIpc) is 2.95. The third kappa shape index (κ3) is 3.05. The number of amides is 1. The van der Waals surface area contributed by atoms with Gasteiger partial charge in [-0.3, -0.25) is 4.79 Å². The molecule has 18 heavy (non-hydrogen) atoms. The maximum atomic E-state index is 12.0. The zero-order valence-corrected chi connectivity index (χ0v) is 12.2. The van der Waals surface area contributed by atoms with Gasteiger partial charge in [-0.05, 0) is 26.2 Å². The molecule has 0 aromatic carbocycles. The smallest absolute Gasteiger partial charge is 0.236 e. The van der Waals surface area contributed by atoms with E-state index in [1.54, 1.807) is 4.90 Å². The van der Waals surface area contributed by atoms with Gasteiger partial charge in [-0.15, -0.1) is 11.8 Å². The molecule has 0 fully saturated rings. The molecular weight excluding hydrogens is 266 g/mol. The summed E-state index contributed by atoms with van der Waals surface area (Å²) in [5.41, 5.74) is 7.70. The van der Waals surface area contributed by atoms with E-state index >= 15 is 0 Å². The standard InChI is InChI=1S/C12H17N3OS2/c1-8-11(18-12(13)14-8)17-7-10(16)15(2)9-5-3-4-6-9/h5H,3-4,6-7H2,1-2H3,(H2,13,14). The fourth-order valence-corrected chi connectivity index (χ4v) is 3.82. The van der Waals surface area contributed by atoms with Crippen LogP contribution in [0.1, 0.15) is 25.0 Å². The summed E-state index contributed by atoms with van der Waals surface area (Å²) in [6, 6.07) is 0. The van der Waals surface area contributed by atoms with Crippen molar-refractivity contribution in [2.45, 2.75) is 30.4 Å². The molecule has 2 N–H and O–H groups in total. The second-order valence-corrected chi connectivity index (χ2v) is 6.53. The summed E-state index contributed by atoms with van der Waals surface area (Å²) in [4.78, 5) is 18.0.